The first kappa shape index (κ1) is 24.9. The molecular weight excluding hydrogens is 444 g/mol. The molecular formula is C27H34N4O4. The van der Waals surface area contributed by atoms with Crippen LogP contribution < -0.4 is 5.32 Å². The standard InChI is InChI=1S/C27H34N4O4/c1-26(2,3)16-23(32)30-14-11-27(12-15-30)31(25(34)21-9-5-4-6-10-21)22(19-35-27)24(33)29-18-20-8-7-13-28-17-20/h4-10,13,17,22H,11-12,14-16,18-19H2,1-3H3,(H,29,33)/t22-/m1/s1. The van der Waals surface area contributed by atoms with E-state index in [-0.39, 0.29) is 29.7 Å². The fourth-order valence-electron chi connectivity index (χ4n) is 4.77. The summed E-state index contributed by atoms with van der Waals surface area (Å²) < 4.78 is 6.25. The predicted octanol–water partition coefficient (Wildman–Crippen LogP) is 2.99. The van der Waals surface area contributed by atoms with Gasteiger partial charge in [-0.05, 0) is 29.2 Å². The number of benzene rings is 1. The Morgan fingerprint density at radius 3 is 2.43 bits per heavy atom. The van der Waals surface area contributed by atoms with E-state index in [1.54, 1.807) is 29.4 Å². The lowest BCUT2D eigenvalue weighted by molar-refractivity contribution is -0.145. The molecule has 8 nitrogen and oxygen atoms in total. The third-order valence-electron chi connectivity index (χ3n) is 6.57. The van der Waals surface area contributed by atoms with Gasteiger partial charge in [-0.25, -0.2) is 0 Å². The lowest BCUT2D eigenvalue weighted by Crippen LogP contribution is -2.59. The minimum absolute atomic E-state index is 0.0944. The van der Waals surface area contributed by atoms with Gasteiger partial charge in [0.05, 0.1) is 6.61 Å². The summed E-state index contributed by atoms with van der Waals surface area (Å²) in [6.07, 6.45) is 4.78. The van der Waals surface area contributed by atoms with Crippen molar-refractivity contribution in [3.8, 4) is 0 Å². The van der Waals surface area contributed by atoms with Gasteiger partial charge in [0.15, 0.2) is 0 Å². The van der Waals surface area contributed by atoms with E-state index in [1.807, 2.05) is 56.0 Å². The number of nitrogens with one attached hydrogen (secondary N) is 1. The number of hydrogen-bond acceptors (Lipinski definition) is 5. The first-order chi connectivity index (χ1) is 16.7. The molecule has 3 heterocycles. The normalized spacial score (nSPS) is 19.6. The van der Waals surface area contributed by atoms with Crippen molar-refractivity contribution in [3.05, 3.63) is 66.0 Å². The third-order valence-corrected chi connectivity index (χ3v) is 6.57. The van der Waals surface area contributed by atoms with E-state index >= 15 is 0 Å². The van der Waals surface area contributed by atoms with Crippen LogP contribution in [0, 0.1) is 5.41 Å². The van der Waals surface area contributed by atoms with Crippen molar-refractivity contribution in [2.45, 2.75) is 58.3 Å². The largest absolute Gasteiger partial charge is 0.353 e. The van der Waals surface area contributed by atoms with Crippen LogP contribution in [0.2, 0.25) is 0 Å². The maximum absolute atomic E-state index is 13.7. The Labute approximate surface area is 206 Å². The van der Waals surface area contributed by atoms with Crippen molar-refractivity contribution in [2.75, 3.05) is 19.7 Å². The first-order valence-corrected chi connectivity index (χ1v) is 12.2. The summed E-state index contributed by atoms with van der Waals surface area (Å²) in [7, 11) is 0. The average Bonchev–Trinajstić information content (AvgIpc) is 3.21. The number of ether oxygens (including phenoxy) is 1. The van der Waals surface area contributed by atoms with Gasteiger partial charge in [0.2, 0.25) is 11.8 Å². The molecule has 0 aliphatic carbocycles. The van der Waals surface area contributed by atoms with Crippen LogP contribution >= 0.6 is 0 Å². The maximum atomic E-state index is 13.7. The summed E-state index contributed by atoms with van der Waals surface area (Å²) in [6, 6.07) is 11.9. The van der Waals surface area contributed by atoms with Crippen molar-refractivity contribution in [1.82, 2.24) is 20.1 Å². The van der Waals surface area contributed by atoms with E-state index in [0.717, 1.165) is 5.56 Å². The molecule has 1 atom stereocenters. The van der Waals surface area contributed by atoms with Crippen LogP contribution in [0.1, 0.15) is 56.0 Å². The van der Waals surface area contributed by atoms with Crippen molar-refractivity contribution in [3.63, 3.8) is 0 Å². The number of carbonyl (C=O) groups is 3. The number of amides is 3. The molecule has 0 bridgehead atoms. The Kier molecular flexibility index (Phi) is 7.21. The van der Waals surface area contributed by atoms with Crippen molar-refractivity contribution in [1.29, 1.82) is 0 Å². The van der Waals surface area contributed by atoms with Crippen LogP contribution in [0.3, 0.4) is 0 Å². The van der Waals surface area contributed by atoms with E-state index in [1.165, 1.54) is 0 Å². The van der Waals surface area contributed by atoms with E-state index < -0.39 is 11.8 Å². The van der Waals surface area contributed by atoms with Crippen LogP contribution in [0.25, 0.3) is 0 Å². The Morgan fingerprint density at radius 2 is 1.80 bits per heavy atom. The van der Waals surface area contributed by atoms with Gasteiger partial charge in [-0.3, -0.25) is 24.3 Å². The number of piperidine rings is 1. The van der Waals surface area contributed by atoms with Gasteiger partial charge < -0.3 is 15.0 Å². The Hall–Kier alpha value is -3.26. The van der Waals surface area contributed by atoms with E-state index in [4.69, 9.17) is 4.74 Å². The number of likely N-dealkylation sites (tertiary alicyclic amines) is 1. The van der Waals surface area contributed by atoms with Gasteiger partial charge in [-0.1, -0.05) is 45.0 Å². The summed E-state index contributed by atoms with van der Waals surface area (Å²) in [5.41, 5.74) is 0.375. The minimum atomic E-state index is -0.915. The SMILES string of the molecule is CC(C)(C)CC(=O)N1CCC2(CC1)OC[C@H](C(=O)NCc1cccnc1)N2C(=O)c1ccccc1. The molecule has 2 saturated heterocycles. The molecule has 1 aromatic carbocycles. The molecule has 35 heavy (non-hydrogen) atoms. The number of aromatic nitrogens is 1. The molecule has 1 spiro atoms. The molecule has 186 valence electrons. The Morgan fingerprint density at radius 1 is 1.09 bits per heavy atom. The highest BCUT2D eigenvalue weighted by Crippen LogP contribution is 2.39. The zero-order chi connectivity index (χ0) is 25.1. The summed E-state index contributed by atoms with van der Waals surface area (Å²) in [5, 5.41) is 2.93. The fraction of sp³-hybridized carbons (Fsp3) is 0.481. The second kappa shape index (κ2) is 10.2. The molecule has 2 aliphatic heterocycles. The number of hydrogen-bond donors (Lipinski definition) is 1. The predicted molar refractivity (Wildman–Crippen MR) is 131 cm³/mol. The molecule has 4 rings (SSSR count). The maximum Gasteiger partial charge on any atom is 0.256 e. The molecule has 3 amide bonds. The topological polar surface area (TPSA) is 91.8 Å². The quantitative estimate of drug-likeness (QED) is 0.713. The van der Waals surface area contributed by atoms with E-state index in [0.29, 0.717) is 44.5 Å². The second-order valence-electron chi connectivity index (χ2n) is 10.5. The first-order valence-electron chi connectivity index (χ1n) is 12.2. The van der Waals surface area contributed by atoms with Crippen LogP contribution in [-0.2, 0) is 20.9 Å². The lowest BCUT2D eigenvalue weighted by atomic mass is 9.90. The molecule has 0 radical (unpaired) electrons. The van der Waals surface area contributed by atoms with E-state index in [9.17, 15) is 14.4 Å². The second-order valence-corrected chi connectivity index (χ2v) is 10.5. The van der Waals surface area contributed by atoms with Crippen LogP contribution in [0.5, 0.6) is 0 Å². The van der Waals surface area contributed by atoms with Gasteiger partial charge >= 0.3 is 0 Å². The summed E-state index contributed by atoms with van der Waals surface area (Å²) in [6.45, 7) is 7.54. The molecule has 2 fully saturated rings. The van der Waals surface area contributed by atoms with Crippen molar-refractivity contribution >= 4 is 17.7 Å². The summed E-state index contributed by atoms with van der Waals surface area (Å²) in [5.74, 6) is -0.391. The molecule has 2 aromatic rings. The monoisotopic (exact) mass is 478 g/mol. The lowest BCUT2D eigenvalue weighted by Gasteiger charge is -2.44. The average molecular weight is 479 g/mol. The van der Waals surface area contributed by atoms with Gasteiger partial charge in [-0.15, -0.1) is 0 Å². The highest BCUT2D eigenvalue weighted by Gasteiger charge is 2.54. The molecule has 0 unspecified atom stereocenters. The zero-order valence-corrected chi connectivity index (χ0v) is 20.7. The molecule has 2 aliphatic rings. The zero-order valence-electron chi connectivity index (χ0n) is 20.7. The molecule has 1 N–H and O–H groups in total. The number of carbonyl (C=O) groups excluding carboxylic acids is 3. The third kappa shape index (κ3) is 5.70. The molecule has 8 heteroatoms. The Bertz CT molecular complexity index is 1040. The van der Waals surface area contributed by atoms with Crippen molar-refractivity contribution in [2.24, 2.45) is 5.41 Å². The molecule has 1 aromatic heterocycles. The molecule has 0 saturated carbocycles. The van der Waals surface area contributed by atoms with Crippen LogP contribution in [0.4, 0.5) is 0 Å². The fourth-order valence-corrected chi connectivity index (χ4v) is 4.77. The highest BCUT2D eigenvalue weighted by molar-refractivity contribution is 5.98. The van der Waals surface area contributed by atoms with Gasteiger partial charge in [0.1, 0.15) is 11.8 Å². The van der Waals surface area contributed by atoms with Gasteiger partial charge in [0.25, 0.3) is 5.91 Å². The minimum Gasteiger partial charge on any atom is -0.353 e. The summed E-state index contributed by atoms with van der Waals surface area (Å²) in [4.78, 5) is 47.3. The summed E-state index contributed by atoms with van der Waals surface area (Å²) >= 11 is 0. The van der Waals surface area contributed by atoms with Crippen LogP contribution in [0.15, 0.2) is 54.9 Å². The smallest absolute Gasteiger partial charge is 0.256 e. The highest BCUT2D eigenvalue weighted by atomic mass is 16.5. The number of rotatable bonds is 5. The number of nitrogens with zero attached hydrogens (tertiary/aromatic N) is 3. The van der Waals surface area contributed by atoms with Crippen LogP contribution in [-0.4, -0.2) is 64.0 Å². The Balaban J connectivity index is 1.52. The van der Waals surface area contributed by atoms with Gasteiger partial charge in [0, 0.05) is 56.9 Å². The van der Waals surface area contributed by atoms with Crippen molar-refractivity contribution < 1.29 is 19.1 Å². The number of pyridine rings is 1. The van der Waals surface area contributed by atoms with Gasteiger partial charge in [-0.2, -0.15) is 0 Å². The van der Waals surface area contributed by atoms with E-state index in [2.05, 4.69) is 10.3 Å².